The summed E-state index contributed by atoms with van der Waals surface area (Å²) in [4.78, 5) is 21.5. The monoisotopic (exact) mass is 249 g/mol. The van der Waals surface area contributed by atoms with Crippen LogP contribution in [0.3, 0.4) is 0 Å². The molecular weight excluding hydrogens is 230 g/mol. The summed E-state index contributed by atoms with van der Waals surface area (Å²) in [7, 11) is 0. The van der Waals surface area contributed by atoms with Gasteiger partial charge < -0.3 is 10.0 Å². The van der Waals surface area contributed by atoms with Gasteiger partial charge in [-0.25, -0.2) is 4.98 Å². The fourth-order valence-electron chi connectivity index (χ4n) is 2.53. The van der Waals surface area contributed by atoms with Crippen LogP contribution in [0.4, 0.5) is 5.82 Å². The molecule has 0 aliphatic carbocycles. The average Bonchev–Trinajstić information content (AvgIpc) is 2.37. The Labute approximate surface area is 107 Å². The zero-order valence-electron chi connectivity index (χ0n) is 10.7. The molecule has 0 spiro atoms. The van der Waals surface area contributed by atoms with Crippen molar-refractivity contribution in [2.75, 3.05) is 18.0 Å². The fourth-order valence-corrected chi connectivity index (χ4v) is 2.53. The van der Waals surface area contributed by atoms with Crippen LogP contribution >= 0.6 is 0 Å². The minimum absolute atomic E-state index is 0.262. The topological polar surface area (TPSA) is 66.3 Å². The van der Waals surface area contributed by atoms with Gasteiger partial charge in [-0.15, -0.1) is 0 Å². The number of hydrogen-bond donors (Lipinski definition) is 1. The molecule has 1 aliphatic rings. The average molecular weight is 249 g/mol. The molecule has 0 radical (unpaired) electrons. The lowest BCUT2D eigenvalue weighted by Crippen LogP contribution is -2.36. The Hall–Kier alpha value is -1.65. The van der Waals surface area contributed by atoms with E-state index in [-0.39, 0.29) is 6.42 Å². The maximum atomic E-state index is 10.6. The van der Waals surface area contributed by atoms with E-state index in [1.807, 2.05) is 6.92 Å². The van der Waals surface area contributed by atoms with Gasteiger partial charge in [-0.3, -0.25) is 9.78 Å². The minimum Gasteiger partial charge on any atom is -0.481 e. The Bertz CT molecular complexity index is 422. The van der Waals surface area contributed by atoms with Crippen molar-refractivity contribution in [2.24, 2.45) is 5.92 Å². The number of carboxylic acid groups (broad SMARTS) is 1. The van der Waals surface area contributed by atoms with E-state index in [0.717, 1.165) is 43.9 Å². The van der Waals surface area contributed by atoms with Crippen LogP contribution in [0, 0.1) is 12.8 Å². The first kappa shape index (κ1) is 12.8. The van der Waals surface area contributed by atoms with Crippen molar-refractivity contribution in [1.29, 1.82) is 0 Å². The molecule has 5 nitrogen and oxygen atoms in total. The normalized spacial score (nSPS) is 19.8. The van der Waals surface area contributed by atoms with E-state index in [9.17, 15) is 4.79 Å². The SMILES string of the molecule is Cc1nccnc1N1CCCC(CCC(=O)O)C1. The largest absolute Gasteiger partial charge is 0.481 e. The molecule has 1 atom stereocenters. The highest BCUT2D eigenvalue weighted by Gasteiger charge is 2.22. The maximum Gasteiger partial charge on any atom is 0.303 e. The number of piperidine rings is 1. The third-order valence-electron chi connectivity index (χ3n) is 3.44. The first-order chi connectivity index (χ1) is 8.66. The van der Waals surface area contributed by atoms with Crippen LogP contribution in [0.15, 0.2) is 12.4 Å². The Morgan fingerprint density at radius 3 is 3.00 bits per heavy atom. The molecule has 0 saturated carbocycles. The van der Waals surface area contributed by atoms with E-state index < -0.39 is 5.97 Å². The van der Waals surface area contributed by atoms with Crippen molar-refractivity contribution < 1.29 is 9.90 Å². The van der Waals surface area contributed by atoms with Gasteiger partial charge in [-0.1, -0.05) is 0 Å². The van der Waals surface area contributed by atoms with Gasteiger partial charge in [-0.05, 0) is 32.1 Å². The van der Waals surface area contributed by atoms with E-state index in [2.05, 4.69) is 14.9 Å². The number of carboxylic acids is 1. The molecule has 0 aromatic carbocycles. The standard InChI is InChI=1S/C13H19N3O2/c1-10-13(15-7-6-14-10)16-8-2-3-11(9-16)4-5-12(17)18/h6-7,11H,2-5,8-9H2,1H3,(H,17,18). The van der Waals surface area contributed by atoms with Gasteiger partial charge in [-0.2, -0.15) is 0 Å². The summed E-state index contributed by atoms with van der Waals surface area (Å²) in [5.74, 6) is 0.691. The molecule has 1 N–H and O–H groups in total. The lowest BCUT2D eigenvalue weighted by atomic mass is 9.93. The molecular formula is C13H19N3O2. The lowest BCUT2D eigenvalue weighted by Gasteiger charge is -2.33. The number of rotatable bonds is 4. The van der Waals surface area contributed by atoms with Crippen LogP contribution in [0.5, 0.6) is 0 Å². The molecule has 0 bridgehead atoms. The van der Waals surface area contributed by atoms with E-state index in [0.29, 0.717) is 5.92 Å². The zero-order chi connectivity index (χ0) is 13.0. The molecule has 5 heteroatoms. The van der Waals surface area contributed by atoms with Crippen molar-refractivity contribution >= 4 is 11.8 Å². The maximum absolute atomic E-state index is 10.6. The fraction of sp³-hybridized carbons (Fsp3) is 0.615. The highest BCUT2D eigenvalue weighted by Crippen LogP contribution is 2.25. The van der Waals surface area contributed by atoms with Crippen molar-refractivity contribution in [3.63, 3.8) is 0 Å². The molecule has 18 heavy (non-hydrogen) atoms. The molecule has 1 aliphatic heterocycles. The second-order valence-corrected chi connectivity index (χ2v) is 4.85. The number of carbonyl (C=O) groups is 1. The summed E-state index contributed by atoms with van der Waals surface area (Å²) in [6.45, 7) is 3.85. The number of anilines is 1. The molecule has 0 amide bonds. The summed E-state index contributed by atoms with van der Waals surface area (Å²) in [5, 5.41) is 8.74. The molecule has 2 rings (SSSR count). The zero-order valence-corrected chi connectivity index (χ0v) is 10.7. The van der Waals surface area contributed by atoms with Crippen LogP contribution in [0.25, 0.3) is 0 Å². The number of nitrogens with zero attached hydrogens (tertiary/aromatic N) is 3. The predicted molar refractivity (Wildman–Crippen MR) is 68.6 cm³/mol. The third kappa shape index (κ3) is 3.18. The minimum atomic E-state index is -0.706. The van der Waals surface area contributed by atoms with Crippen molar-refractivity contribution in [1.82, 2.24) is 9.97 Å². The van der Waals surface area contributed by atoms with Gasteiger partial charge in [0, 0.05) is 31.9 Å². The molecule has 1 fully saturated rings. The van der Waals surface area contributed by atoms with Crippen LogP contribution in [-0.4, -0.2) is 34.1 Å². The van der Waals surface area contributed by atoms with Gasteiger partial charge >= 0.3 is 5.97 Å². The van der Waals surface area contributed by atoms with Crippen LogP contribution < -0.4 is 4.90 Å². The van der Waals surface area contributed by atoms with Crippen LogP contribution in [0.1, 0.15) is 31.4 Å². The van der Waals surface area contributed by atoms with Crippen LogP contribution in [-0.2, 0) is 4.79 Å². The van der Waals surface area contributed by atoms with E-state index in [1.165, 1.54) is 0 Å². The number of aliphatic carboxylic acids is 1. The quantitative estimate of drug-likeness (QED) is 0.882. The molecule has 2 heterocycles. The smallest absolute Gasteiger partial charge is 0.303 e. The summed E-state index contributed by atoms with van der Waals surface area (Å²) in [6.07, 6.45) is 6.64. The van der Waals surface area contributed by atoms with E-state index in [1.54, 1.807) is 12.4 Å². The summed E-state index contributed by atoms with van der Waals surface area (Å²) >= 11 is 0. The Kier molecular flexibility index (Phi) is 4.12. The van der Waals surface area contributed by atoms with Crippen molar-refractivity contribution in [3.05, 3.63) is 18.1 Å². The van der Waals surface area contributed by atoms with Crippen LogP contribution in [0.2, 0.25) is 0 Å². The summed E-state index contributed by atoms with van der Waals surface area (Å²) in [5.41, 5.74) is 0.941. The summed E-state index contributed by atoms with van der Waals surface area (Å²) < 4.78 is 0. The van der Waals surface area contributed by atoms with E-state index >= 15 is 0 Å². The number of aryl methyl sites for hydroxylation is 1. The number of aromatic nitrogens is 2. The van der Waals surface area contributed by atoms with Gasteiger partial charge in [0.05, 0.1) is 5.69 Å². The van der Waals surface area contributed by atoms with E-state index in [4.69, 9.17) is 5.11 Å². The Morgan fingerprint density at radius 1 is 1.50 bits per heavy atom. The van der Waals surface area contributed by atoms with Crippen molar-refractivity contribution in [2.45, 2.75) is 32.6 Å². The van der Waals surface area contributed by atoms with Crippen molar-refractivity contribution in [3.8, 4) is 0 Å². The predicted octanol–water partition coefficient (Wildman–Crippen LogP) is 1.87. The first-order valence-electron chi connectivity index (χ1n) is 6.41. The van der Waals surface area contributed by atoms with Gasteiger partial charge in [0.15, 0.2) is 0 Å². The molecule has 1 saturated heterocycles. The lowest BCUT2D eigenvalue weighted by molar-refractivity contribution is -0.137. The molecule has 1 aromatic rings. The highest BCUT2D eigenvalue weighted by atomic mass is 16.4. The van der Waals surface area contributed by atoms with Gasteiger partial charge in [0.25, 0.3) is 0 Å². The molecule has 1 aromatic heterocycles. The van der Waals surface area contributed by atoms with Gasteiger partial charge in [0.2, 0.25) is 0 Å². The first-order valence-corrected chi connectivity index (χ1v) is 6.41. The Balaban J connectivity index is 1.98. The molecule has 98 valence electrons. The van der Waals surface area contributed by atoms with Gasteiger partial charge in [0.1, 0.15) is 5.82 Å². The summed E-state index contributed by atoms with van der Waals surface area (Å²) in [6, 6.07) is 0. The Morgan fingerprint density at radius 2 is 2.28 bits per heavy atom. The second kappa shape index (κ2) is 5.80. The highest BCUT2D eigenvalue weighted by molar-refractivity contribution is 5.66. The second-order valence-electron chi connectivity index (χ2n) is 4.85. The molecule has 1 unspecified atom stereocenters. The third-order valence-corrected chi connectivity index (χ3v) is 3.44. The number of hydrogen-bond acceptors (Lipinski definition) is 4.